The Labute approximate surface area is 184 Å². The highest BCUT2D eigenvalue weighted by atomic mass is 35.5. The van der Waals surface area contributed by atoms with Crippen molar-refractivity contribution in [3.8, 4) is 17.6 Å². The first-order valence-corrected chi connectivity index (χ1v) is 10.5. The molecule has 6 nitrogen and oxygen atoms in total. The van der Waals surface area contributed by atoms with Crippen molar-refractivity contribution < 1.29 is 26.3 Å². The van der Waals surface area contributed by atoms with Gasteiger partial charge in [0.1, 0.15) is 22.5 Å². The van der Waals surface area contributed by atoms with E-state index in [1.807, 2.05) is 6.07 Å². The van der Waals surface area contributed by atoms with Crippen LogP contribution >= 0.6 is 23.2 Å². The zero-order valence-electron chi connectivity index (χ0n) is 15.1. The fourth-order valence-electron chi connectivity index (χ4n) is 2.45. The van der Waals surface area contributed by atoms with Crippen LogP contribution in [0.4, 0.5) is 18.9 Å². The summed E-state index contributed by atoms with van der Waals surface area (Å²) in [7, 11) is -4.34. The molecule has 0 unspecified atom stereocenters. The van der Waals surface area contributed by atoms with Gasteiger partial charge in [-0.2, -0.15) is 18.4 Å². The van der Waals surface area contributed by atoms with E-state index in [2.05, 4.69) is 9.71 Å². The molecule has 31 heavy (non-hydrogen) atoms. The van der Waals surface area contributed by atoms with Crippen LogP contribution in [0.15, 0.2) is 59.8 Å². The molecule has 12 heteroatoms. The Balaban J connectivity index is 1.88. The monoisotopic (exact) mass is 487 g/mol. The van der Waals surface area contributed by atoms with Crippen LogP contribution in [0.5, 0.6) is 11.5 Å². The number of nitrogens with zero attached hydrogens (tertiary/aromatic N) is 2. The third kappa shape index (κ3) is 5.38. The molecule has 0 amide bonds. The maximum atomic E-state index is 12.8. The van der Waals surface area contributed by atoms with Gasteiger partial charge in [-0.1, -0.05) is 23.2 Å². The second-order valence-electron chi connectivity index (χ2n) is 6.01. The van der Waals surface area contributed by atoms with Crippen LogP contribution in [0.25, 0.3) is 0 Å². The summed E-state index contributed by atoms with van der Waals surface area (Å²) in [6.45, 7) is 0. The number of benzene rings is 2. The molecule has 0 atom stereocenters. The van der Waals surface area contributed by atoms with Crippen molar-refractivity contribution in [2.75, 3.05) is 4.72 Å². The van der Waals surface area contributed by atoms with Gasteiger partial charge in [0.05, 0.1) is 33.1 Å². The molecule has 1 N–H and O–H groups in total. The number of nitriles is 1. The second kappa shape index (κ2) is 8.63. The molecule has 0 bridgehead atoms. The van der Waals surface area contributed by atoms with Crippen LogP contribution in [0.2, 0.25) is 10.0 Å². The van der Waals surface area contributed by atoms with Crippen LogP contribution < -0.4 is 9.46 Å². The van der Waals surface area contributed by atoms with Gasteiger partial charge in [0.15, 0.2) is 0 Å². The summed E-state index contributed by atoms with van der Waals surface area (Å²) in [5.74, 6) is 0.371. The average Bonchev–Trinajstić information content (AvgIpc) is 2.68. The predicted octanol–water partition coefficient (Wildman–Crippen LogP) is 5.87. The minimum absolute atomic E-state index is 0.0151. The Kier molecular flexibility index (Phi) is 6.31. The fraction of sp³-hybridized carbons (Fsp3) is 0.0526. The third-order valence-corrected chi connectivity index (χ3v) is 5.88. The van der Waals surface area contributed by atoms with Gasteiger partial charge in [0, 0.05) is 12.3 Å². The summed E-state index contributed by atoms with van der Waals surface area (Å²) >= 11 is 11.6. The van der Waals surface area contributed by atoms with E-state index in [1.54, 1.807) is 0 Å². The lowest BCUT2D eigenvalue weighted by Gasteiger charge is -2.13. The first-order chi connectivity index (χ1) is 14.5. The Bertz CT molecular complexity index is 1290. The molecule has 2 aromatic carbocycles. The van der Waals surface area contributed by atoms with Crippen LogP contribution in [0.1, 0.15) is 11.1 Å². The fourth-order valence-corrected chi connectivity index (χ4v) is 4.21. The van der Waals surface area contributed by atoms with E-state index in [1.165, 1.54) is 36.7 Å². The molecule has 0 saturated heterocycles. The number of alkyl halides is 3. The molecule has 3 rings (SSSR count). The zero-order chi connectivity index (χ0) is 22.8. The number of ether oxygens (including phenoxy) is 1. The van der Waals surface area contributed by atoms with E-state index in [4.69, 9.17) is 27.9 Å². The van der Waals surface area contributed by atoms with Crippen LogP contribution in [-0.2, 0) is 16.2 Å². The standard InChI is InChI=1S/C19H10Cl2F3N3O3S/c20-13-7-15(10-26-9-13)30-17-3-2-14(5-11(17)8-25)27-31(28,29)18-4-1-12(6-16(18)21)19(22,23)24/h1-7,9-10,27H. The summed E-state index contributed by atoms with van der Waals surface area (Å²) in [6, 6.07) is 9.07. The van der Waals surface area contributed by atoms with Gasteiger partial charge < -0.3 is 4.74 Å². The van der Waals surface area contributed by atoms with E-state index in [9.17, 15) is 26.9 Å². The van der Waals surface area contributed by atoms with Crippen LogP contribution in [0.3, 0.4) is 0 Å². The molecule has 0 radical (unpaired) electrons. The Morgan fingerprint density at radius 1 is 1.06 bits per heavy atom. The van der Waals surface area contributed by atoms with Crippen molar-refractivity contribution >= 4 is 38.9 Å². The quantitative estimate of drug-likeness (QED) is 0.485. The molecule has 0 spiro atoms. The first-order valence-electron chi connectivity index (χ1n) is 8.22. The molecule has 3 aromatic rings. The van der Waals surface area contributed by atoms with Gasteiger partial charge in [-0.3, -0.25) is 9.71 Å². The molecule has 0 aliphatic carbocycles. The molecule has 1 aromatic heterocycles. The number of hydrogen-bond donors (Lipinski definition) is 1. The van der Waals surface area contributed by atoms with E-state index in [0.29, 0.717) is 17.2 Å². The largest absolute Gasteiger partial charge is 0.454 e. The maximum absolute atomic E-state index is 12.8. The number of sulfonamides is 1. The number of halogens is 5. The highest BCUT2D eigenvalue weighted by Crippen LogP contribution is 2.34. The highest BCUT2D eigenvalue weighted by Gasteiger charge is 2.32. The Morgan fingerprint density at radius 3 is 2.42 bits per heavy atom. The number of aromatic nitrogens is 1. The third-order valence-electron chi connectivity index (χ3n) is 3.81. The van der Waals surface area contributed by atoms with Gasteiger partial charge in [-0.25, -0.2) is 8.42 Å². The van der Waals surface area contributed by atoms with Crippen LogP contribution in [0, 0.1) is 11.3 Å². The molecule has 0 aliphatic rings. The van der Waals surface area contributed by atoms with Gasteiger partial charge in [0.25, 0.3) is 10.0 Å². The molecule has 160 valence electrons. The number of hydrogen-bond acceptors (Lipinski definition) is 5. The van der Waals surface area contributed by atoms with E-state index < -0.39 is 31.7 Å². The molecule has 0 aliphatic heterocycles. The van der Waals surface area contributed by atoms with Crippen molar-refractivity contribution in [3.05, 3.63) is 76.0 Å². The van der Waals surface area contributed by atoms with Crippen molar-refractivity contribution in [1.82, 2.24) is 4.98 Å². The number of anilines is 1. The van der Waals surface area contributed by atoms with Gasteiger partial charge in [-0.05, 0) is 36.4 Å². The number of pyridine rings is 1. The van der Waals surface area contributed by atoms with Crippen molar-refractivity contribution in [3.63, 3.8) is 0 Å². The maximum Gasteiger partial charge on any atom is 0.416 e. The molecule has 1 heterocycles. The summed E-state index contributed by atoms with van der Waals surface area (Å²) in [5.41, 5.74) is -1.12. The van der Waals surface area contributed by atoms with E-state index in [0.717, 1.165) is 6.07 Å². The smallest absolute Gasteiger partial charge is 0.416 e. The predicted molar refractivity (Wildman–Crippen MR) is 108 cm³/mol. The van der Waals surface area contributed by atoms with E-state index in [-0.39, 0.29) is 22.7 Å². The van der Waals surface area contributed by atoms with Gasteiger partial charge in [0.2, 0.25) is 0 Å². The average molecular weight is 488 g/mol. The van der Waals surface area contributed by atoms with Crippen molar-refractivity contribution in [2.24, 2.45) is 0 Å². The number of rotatable bonds is 5. The normalized spacial score (nSPS) is 11.6. The lowest BCUT2D eigenvalue weighted by atomic mass is 10.2. The van der Waals surface area contributed by atoms with E-state index >= 15 is 0 Å². The second-order valence-corrected chi connectivity index (χ2v) is 8.51. The summed E-state index contributed by atoms with van der Waals surface area (Å²) in [5, 5.41) is 9.08. The summed E-state index contributed by atoms with van der Waals surface area (Å²) in [4.78, 5) is 3.30. The zero-order valence-corrected chi connectivity index (χ0v) is 17.4. The minimum atomic E-state index is -4.67. The highest BCUT2D eigenvalue weighted by molar-refractivity contribution is 7.92. The molecule has 0 fully saturated rings. The molecular formula is C19H10Cl2F3N3O3S. The lowest BCUT2D eigenvalue weighted by molar-refractivity contribution is -0.137. The Hall–Kier alpha value is -3.00. The number of nitrogens with one attached hydrogen (secondary N) is 1. The van der Waals surface area contributed by atoms with Gasteiger partial charge >= 0.3 is 6.18 Å². The summed E-state index contributed by atoms with van der Waals surface area (Å²) in [6.07, 6.45) is -1.91. The first kappa shape index (κ1) is 22.7. The van der Waals surface area contributed by atoms with Crippen molar-refractivity contribution in [1.29, 1.82) is 5.26 Å². The summed E-state index contributed by atoms with van der Waals surface area (Å²) < 4.78 is 71.2. The molecule has 0 saturated carbocycles. The Morgan fingerprint density at radius 2 is 1.81 bits per heavy atom. The molecular weight excluding hydrogens is 478 g/mol. The van der Waals surface area contributed by atoms with Crippen LogP contribution in [-0.4, -0.2) is 13.4 Å². The van der Waals surface area contributed by atoms with Crippen molar-refractivity contribution in [2.45, 2.75) is 11.1 Å². The van der Waals surface area contributed by atoms with Gasteiger partial charge in [-0.15, -0.1) is 0 Å². The topological polar surface area (TPSA) is 92.1 Å². The SMILES string of the molecule is N#Cc1cc(NS(=O)(=O)c2ccc(C(F)(F)F)cc2Cl)ccc1Oc1cncc(Cl)c1. The lowest BCUT2D eigenvalue weighted by Crippen LogP contribution is -2.14. The minimum Gasteiger partial charge on any atom is -0.454 e.